The lowest BCUT2D eigenvalue weighted by atomic mass is 9.87. The van der Waals surface area contributed by atoms with Crippen molar-refractivity contribution in [3.8, 4) is 16.8 Å². The summed E-state index contributed by atoms with van der Waals surface area (Å²) >= 11 is 1.33. The molecule has 0 aromatic carbocycles. The number of imidazole rings is 1. The summed E-state index contributed by atoms with van der Waals surface area (Å²) in [4.78, 5) is 19.4. The predicted octanol–water partition coefficient (Wildman–Crippen LogP) is 3.33. The minimum atomic E-state index is -4.03. The molecule has 4 fully saturated rings. The number of amides is 1. The highest BCUT2D eigenvalue weighted by Gasteiger charge is 2.59. The number of nitriles is 1. The van der Waals surface area contributed by atoms with Crippen LogP contribution < -0.4 is 4.72 Å². The van der Waals surface area contributed by atoms with Crippen LogP contribution >= 0.6 is 11.3 Å². The van der Waals surface area contributed by atoms with Gasteiger partial charge < -0.3 is 4.90 Å². The van der Waals surface area contributed by atoms with Crippen molar-refractivity contribution in [2.24, 2.45) is 11.8 Å². The van der Waals surface area contributed by atoms with E-state index in [0.717, 1.165) is 24.8 Å². The predicted molar refractivity (Wildman–Crippen MR) is 145 cm³/mol. The Morgan fingerprint density at radius 2 is 2.05 bits per heavy atom. The van der Waals surface area contributed by atoms with Gasteiger partial charge in [-0.1, -0.05) is 25.2 Å². The lowest BCUT2D eigenvalue weighted by Gasteiger charge is -2.33. The molecule has 3 aliphatic carbocycles. The number of pyridine rings is 1. The molecule has 40 heavy (non-hydrogen) atoms. The monoisotopic (exact) mass is 583 g/mol. The molecule has 0 radical (unpaired) electrons. The van der Waals surface area contributed by atoms with Crippen LogP contribution in [0.1, 0.15) is 62.9 Å². The van der Waals surface area contributed by atoms with Crippen LogP contribution in [0.2, 0.25) is 0 Å². The van der Waals surface area contributed by atoms with E-state index in [-0.39, 0.29) is 28.1 Å². The normalized spacial score (nSPS) is 26.0. The fourth-order valence-electron chi connectivity index (χ4n) is 6.16. The molecular weight excluding hydrogens is 553 g/mol. The van der Waals surface area contributed by atoms with Crippen LogP contribution in [0.4, 0.5) is 4.39 Å². The number of sulfonamides is 1. The maximum atomic E-state index is 13.7. The number of hydrogen-bond acceptors (Lipinski definition) is 8. The Morgan fingerprint density at radius 3 is 2.67 bits per heavy atom. The maximum absolute atomic E-state index is 13.7. The fraction of sp³-hybridized carbons (Fsp3) is 0.593. The van der Waals surface area contributed by atoms with E-state index in [1.54, 1.807) is 16.7 Å². The van der Waals surface area contributed by atoms with Gasteiger partial charge in [-0.15, -0.1) is 10.2 Å². The van der Waals surface area contributed by atoms with Gasteiger partial charge in [-0.05, 0) is 50.5 Å². The molecule has 3 saturated carbocycles. The maximum Gasteiger partial charge on any atom is 0.242 e. The SMILES string of the molecule is CC(C)C(=O)N1CC[C@@]2(c3cc(S(=O)(=O)NC4(CF)CC4)cn4c(-c5nnc(C6(C#N)CC6)s5)cnc34)C[C@H]2C1. The van der Waals surface area contributed by atoms with E-state index in [9.17, 15) is 22.9 Å². The van der Waals surface area contributed by atoms with Crippen molar-refractivity contribution in [3.05, 3.63) is 29.0 Å². The lowest BCUT2D eigenvalue weighted by Crippen LogP contribution is -2.42. The summed E-state index contributed by atoms with van der Waals surface area (Å²) in [6.07, 6.45) is 7.19. The van der Waals surface area contributed by atoms with Crippen molar-refractivity contribution in [1.82, 2.24) is 29.2 Å². The number of carbonyl (C=O) groups is 1. The Bertz CT molecular complexity index is 1700. The van der Waals surface area contributed by atoms with Crippen molar-refractivity contribution >= 4 is 32.9 Å². The molecule has 0 spiro atoms. The van der Waals surface area contributed by atoms with Crippen molar-refractivity contribution < 1.29 is 17.6 Å². The minimum absolute atomic E-state index is 0.0510. The first-order valence-corrected chi connectivity index (χ1v) is 16.0. The topological polar surface area (TPSA) is 133 Å². The number of aromatic nitrogens is 4. The van der Waals surface area contributed by atoms with Crippen molar-refractivity contribution in [2.45, 2.75) is 73.6 Å². The highest BCUT2D eigenvalue weighted by Crippen LogP contribution is 2.60. The van der Waals surface area contributed by atoms with Gasteiger partial charge in [0.1, 0.15) is 28.4 Å². The van der Waals surface area contributed by atoms with E-state index in [2.05, 4.69) is 21.0 Å². The first-order valence-electron chi connectivity index (χ1n) is 13.7. The lowest BCUT2D eigenvalue weighted by molar-refractivity contribution is -0.135. The third-order valence-corrected chi connectivity index (χ3v) is 11.9. The summed E-state index contributed by atoms with van der Waals surface area (Å²) < 4.78 is 45.2. The molecule has 7 rings (SSSR count). The molecule has 3 aromatic heterocycles. The molecule has 1 amide bonds. The fourth-order valence-corrected chi connectivity index (χ4v) is 8.67. The number of nitrogens with zero attached hydrogens (tertiary/aromatic N) is 6. The Hall–Kier alpha value is -2.95. The Kier molecular flexibility index (Phi) is 5.54. The van der Waals surface area contributed by atoms with Gasteiger partial charge in [-0.3, -0.25) is 9.20 Å². The zero-order chi connectivity index (χ0) is 28.1. The zero-order valence-corrected chi connectivity index (χ0v) is 24.0. The number of fused-ring (bicyclic) bond motifs is 2. The number of alkyl halides is 1. The Labute approximate surface area is 235 Å². The van der Waals surface area contributed by atoms with Crippen molar-refractivity contribution in [2.75, 3.05) is 19.8 Å². The minimum Gasteiger partial charge on any atom is -0.342 e. The van der Waals surface area contributed by atoms with Gasteiger partial charge >= 0.3 is 0 Å². The quantitative estimate of drug-likeness (QED) is 0.430. The molecule has 3 aromatic rings. The van der Waals surface area contributed by atoms with Gasteiger partial charge in [-0.25, -0.2) is 22.5 Å². The van der Waals surface area contributed by atoms with E-state index in [4.69, 9.17) is 4.98 Å². The van der Waals surface area contributed by atoms with E-state index < -0.39 is 27.7 Å². The third-order valence-electron chi connectivity index (χ3n) is 9.21. The van der Waals surface area contributed by atoms with Gasteiger partial charge in [0.05, 0.1) is 22.7 Å². The smallest absolute Gasteiger partial charge is 0.242 e. The van der Waals surface area contributed by atoms with Crippen LogP contribution in [0.3, 0.4) is 0 Å². The van der Waals surface area contributed by atoms with Crippen molar-refractivity contribution in [3.63, 3.8) is 0 Å². The van der Waals surface area contributed by atoms with Crippen LogP contribution in [-0.4, -0.2) is 64.1 Å². The van der Waals surface area contributed by atoms with Gasteiger partial charge in [0.2, 0.25) is 15.9 Å². The van der Waals surface area contributed by atoms with Crippen LogP contribution in [0.5, 0.6) is 0 Å². The molecule has 1 aliphatic heterocycles. The average molecular weight is 584 g/mol. The van der Waals surface area contributed by atoms with Gasteiger partial charge in [0.25, 0.3) is 0 Å². The molecule has 4 aliphatic rings. The Balaban J connectivity index is 1.32. The summed E-state index contributed by atoms with van der Waals surface area (Å²) in [6.45, 7) is 4.28. The van der Waals surface area contributed by atoms with Gasteiger partial charge in [0, 0.05) is 36.2 Å². The average Bonchev–Trinajstić information content (AvgIpc) is 3.90. The molecule has 2 atom stereocenters. The number of hydrogen-bond donors (Lipinski definition) is 1. The van der Waals surface area contributed by atoms with Crippen LogP contribution in [-0.2, 0) is 25.6 Å². The van der Waals surface area contributed by atoms with Gasteiger partial charge in [-0.2, -0.15) is 5.26 Å². The van der Waals surface area contributed by atoms with E-state index in [1.165, 1.54) is 17.5 Å². The second-order valence-corrected chi connectivity index (χ2v) is 15.0. The summed E-state index contributed by atoms with van der Waals surface area (Å²) in [6, 6.07) is 4.04. The molecule has 1 N–H and O–H groups in total. The van der Waals surface area contributed by atoms with Gasteiger partial charge in [0.15, 0.2) is 5.01 Å². The molecule has 4 heterocycles. The molecule has 0 unspecified atom stereocenters. The number of likely N-dealkylation sites (tertiary alicyclic amines) is 1. The summed E-state index contributed by atoms with van der Waals surface area (Å²) in [7, 11) is -4.03. The van der Waals surface area contributed by atoms with E-state index in [0.29, 0.717) is 53.7 Å². The summed E-state index contributed by atoms with van der Waals surface area (Å²) in [5.41, 5.74) is 0.175. The van der Waals surface area contributed by atoms with Crippen LogP contribution in [0.15, 0.2) is 23.4 Å². The molecular formula is C27H30FN7O3S2. The highest BCUT2D eigenvalue weighted by atomic mass is 32.2. The van der Waals surface area contributed by atoms with Crippen LogP contribution in [0.25, 0.3) is 16.3 Å². The molecule has 0 bridgehead atoms. The molecule has 13 heteroatoms. The molecule has 1 saturated heterocycles. The number of nitrogens with one attached hydrogen (secondary N) is 1. The largest absolute Gasteiger partial charge is 0.342 e. The summed E-state index contributed by atoms with van der Waals surface area (Å²) in [5, 5.41) is 19.5. The van der Waals surface area contributed by atoms with Crippen LogP contribution in [0, 0.1) is 23.2 Å². The second kappa shape index (κ2) is 8.53. The first-order chi connectivity index (χ1) is 19.1. The summed E-state index contributed by atoms with van der Waals surface area (Å²) in [5.74, 6) is 0.260. The van der Waals surface area contributed by atoms with Crippen molar-refractivity contribution in [1.29, 1.82) is 5.26 Å². The Morgan fingerprint density at radius 1 is 1.27 bits per heavy atom. The van der Waals surface area contributed by atoms with E-state index in [1.807, 2.05) is 18.7 Å². The molecule has 10 nitrogen and oxygen atoms in total. The number of piperidine rings is 1. The molecule has 210 valence electrons. The van der Waals surface area contributed by atoms with E-state index >= 15 is 0 Å². The first kappa shape index (κ1) is 26.0. The number of rotatable bonds is 8. The number of halogens is 1. The zero-order valence-electron chi connectivity index (χ0n) is 22.4. The standard InChI is InChI=1S/C27H30FN7O3S2/c1-16(2)23(36)34-8-7-27(10-17(27)12-34)19-9-18(40(37,38)33-26(14-28)5-6-26)13-35-20(11-30-21(19)35)22-31-32-24(39-22)25(15-29)3-4-25/h9,11,13,16-17,33H,3-8,10,12,14H2,1-2H3/t17-,27+/m0/s1. The third kappa shape index (κ3) is 3.90. The number of carbonyl (C=O) groups excluding carboxylic acids is 1. The highest BCUT2D eigenvalue weighted by molar-refractivity contribution is 7.89. The second-order valence-electron chi connectivity index (χ2n) is 12.3.